The third-order valence-electron chi connectivity index (χ3n) is 2.92. The number of nitrogens with one attached hydrogen (secondary N) is 2. The number of aromatic nitrogens is 1. The molecule has 1 aromatic heterocycles. The lowest BCUT2D eigenvalue weighted by Crippen LogP contribution is -2.37. The number of hydrazone groups is 1. The van der Waals surface area contributed by atoms with Crippen molar-refractivity contribution in [2.24, 2.45) is 5.10 Å². The number of hydrogen-bond acceptors (Lipinski definition) is 4. The van der Waals surface area contributed by atoms with E-state index in [0.29, 0.717) is 5.11 Å². The molecule has 19 heavy (non-hydrogen) atoms. The summed E-state index contributed by atoms with van der Waals surface area (Å²) in [6.07, 6.45) is 5.99. The molecule has 1 unspecified atom stereocenters. The maximum absolute atomic E-state index is 5.50. The lowest BCUT2D eigenvalue weighted by molar-refractivity contribution is 0.114. The predicted molar refractivity (Wildman–Crippen MR) is 79.2 cm³/mol. The van der Waals surface area contributed by atoms with Gasteiger partial charge < -0.3 is 10.1 Å². The van der Waals surface area contributed by atoms with Crippen LogP contribution < -0.4 is 10.7 Å². The second kappa shape index (κ2) is 7.16. The van der Waals surface area contributed by atoms with Gasteiger partial charge >= 0.3 is 0 Å². The molecule has 0 spiro atoms. The van der Waals surface area contributed by atoms with E-state index in [-0.39, 0.29) is 6.10 Å². The average Bonchev–Trinajstić information content (AvgIpc) is 2.96. The van der Waals surface area contributed by atoms with Crippen LogP contribution in [-0.2, 0) is 4.74 Å². The third kappa shape index (κ3) is 4.57. The van der Waals surface area contributed by atoms with Gasteiger partial charge in [-0.15, -0.1) is 0 Å². The second-order valence-corrected chi connectivity index (χ2v) is 4.80. The summed E-state index contributed by atoms with van der Waals surface area (Å²) in [5.41, 5.74) is 4.64. The van der Waals surface area contributed by atoms with Crippen molar-refractivity contribution < 1.29 is 4.74 Å². The molecule has 1 aliphatic rings. The zero-order chi connectivity index (χ0) is 13.5. The quantitative estimate of drug-likeness (QED) is 0.496. The molecule has 1 atom stereocenters. The van der Waals surface area contributed by atoms with E-state index in [1.54, 1.807) is 12.4 Å². The molecule has 0 aliphatic carbocycles. The Morgan fingerprint density at radius 2 is 2.53 bits per heavy atom. The molecule has 2 rings (SSSR count). The number of hydrogen-bond donors (Lipinski definition) is 2. The molecule has 0 radical (unpaired) electrons. The van der Waals surface area contributed by atoms with Gasteiger partial charge in [0, 0.05) is 31.1 Å². The maximum atomic E-state index is 5.50. The van der Waals surface area contributed by atoms with Gasteiger partial charge in [-0.05, 0) is 38.0 Å². The molecule has 1 saturated heterocycles. The molecular formula is C13H18N4OS. The van der Waals surface area contributed by atoms with E-state index in [0.717, 1.165) is 37.3 Å². The molecule has 0 aromatic carbocycles. The molecule has 102 valence electrons. The number of thiocarbonyl (C=S) groups is 1. The molecule has 2 N–H and O–H groups in total. The van der Waals surface area contributed by atoms with Gasteiger partial charge in [-0.1, -0.05) is 6.07 Å². The minimum absolute atomic E-state index is 0.267. The summed E-state index contributed by atoms with van der Waals surface area (Å²) in [6, 6.07) is 3.83. The summed E-state index contributed by atoms with van der Waals surface area (Å²) in [7, 11) is 0. The lowest BCUT2D eigenvalue weighted by atomic mass is 10.2. The van der Waals surface area contributed by atoms with Gasteiger partial charge in [-0.25, -0.2) is 0 Å². The number of rotatable bonds is 4. The van der Waals surface area contributed by atoms with E-state index in [1.807, 2.05) is 19.1 Å². The van der Waals surface area contributed by atoms with Crippen LogP contribution in [0.4, 0.5) is 0 Å². The highest BCUT2D eigenvalue weighted by Gasteiger charge is 2.14. The molecule has 2 heterocycles. The summed E-state index contributed by atoms with van der Waals surface area (Å²) in [6.45, 7) is 3.49. The largest absolute Gasteiger partial charge is 0.376 e. The standard InChI is InChI=1S/C13H18N4OS/c1-10(11-4-2-6-14-8-11)16-17-13(19)15-9-12-5-3-7-18-12/h2,4,6,8,12H,3,5,7,9H2,1H3,(H2,15,17,19). The molecule has 5 nitrogen and oxygen atoms in total. The van der Waals surface area contributed by atoms with Crippen LogP contribution in [0.25, 0.3) is 0 Å². The Labute approximate surface area is 118 Å². The zero-order valence-corrected chi connectivity index (χ0v) is 11.7. The van der Waals surface area contributed by atoms with Crippen molar-refractivity contribution in [1.29, 1.82) is 0 Å². The topological polar surface area (TPSA) is 58.5 Å². The van der Waals surface area contributed by atoms with Gasteiger partial charge in [0.05, 0.1) is 11.8 Å². The van der Waals surface area contributed by atoms with E-state index in [9.17, 15) is 0 Å². The summed E-state index contributed by atoms with van der Waals surface area (Å²) in [5.74, 6) is 0. The van der Waals surface area contributed by atoms with Crippen LogP contribution in [0.2, 0.25) is 0 Å². The van der Waals surface area contributed by atoms with Crippen molar-refractivity contribution >= 4 is 23.0 Å². The van der Waals surface area contributed by atoms with Gasteiger partial charge in [-0.2, -0.15) is 5.10 Å². The van der Waals surface area contributed by atoms with Gasteiger partial charge in [-0.3, -0.25) is 10.4 Å². The molecule has 1 aromatic rings. The summed E-state index contributed by atoms with van der Waals surface area (Å²) in [5, 5.41) is 7.84. The first-order chi connectivity index (χ1) is 9.25. The Morgan fingerprint density at radius 3 is 3.21 bits per heavy atom. The van der Waals surface area contributed by atoms with E-state index >= 15 is 0 Å². The fraction of sp³-hybridized carbons (Fsp3) is 0.462. The van der Waals surface area contributed by atoms with Crippen molar-refractivity contribution in [2.75, 3.05) is 13.2 Å². The number of nitrogens with zero attached hydrogens (tertiary/aromatic N) is 2. The summed E-state index contributed by atoms with van der Waals surface area (Å²) in [4.78, 5) is 4.05. The average molecular weight is 278 g/mol. The highest BCUT2D eigenvalue weighted by Crippen LogP contribution is 2.10. The molecule has 1 fully saturated rings. The molecular weight excluding hydrogens is 260 g/mol. The van der Waals surface area contributed by atoms with Gasteiger partial charge in [0.25, 0.3) is 0 Å². The van der Waals surface area contributed by atoms with Crippen molar-refractivity contribution in [1.82, 2.24) is 15.7 Å². The SMILES string of the molecule is CC(=NNC(=S)NCC1CCCO1)c1cccnc1. The van der Waals surface area contributed by atoms with E-state index in [2.05, 4.69) is 20.8 Å². The highest BCUT2D eigenvalue weighted by molar-refractivity contribution is 7.80. The summed E-state index contributed by atoms with van der Waals surface area (Å²) < 4.78 is 5.50. The molecule has 0 saturated carbocycles. The van der Waals surface area contributed by atoms with Crippen molar-refractivity contribution in [3.63, 3.8) is 0 Å². The summed E-state index contributed by atoms with van der Waals surface area (Å²) >= 11 is 5.16. The Hall–Kier alpha value is -1.53. The predicted octanol–water partition coefficient (Wildman–Crippen LogP) is 1.45. The van der Waals surface area contributed by atoms with E-state index < -0.39 is 0 Å². The number of pyridine rings is 1. The maximum Gasteiger partial charge on any atom is 0.187 e. The fourth-order valence-electron chi connectivity index (χ4n) is 1.83. The monoisotopic (exact) mass is 278 g/mol. The van der Waals surface area contributed by atoms with E-state index in [1.165, 1.54) is 0 Å². The van der Waals surface area contributed by atoms with Crippen LogP contribution >= 0.6 is 12.2 Å². The second-order valence-electron chi connectivity index (χ2n) is 4.40. The van der Waals surface area contributed by atoms with Crippen LogP contribution in [0.15, 0.2) is 29.6 Å². The first-order valence-corrected chi connectivity index (χ1v) is 6.76. The van der Waals surface area contributed by atoms with Crippen LogP contribution in [0.1, 0.15) is 25.3 Å². The van der Waals surface area contributed by atoms with Crippen LogP contribution in [0.3, 0.4) is 0 Å². The fourth-order valence-corrected chi connectivity index (χ4v) is 1.96. The van der Waals surface area contributed by atoms with Crippen molar-refractivity contribution in [3.05, 3.63) is 30.1 Å². The van der Waals surface area contributed by atoms with Crippen LogP contribution in [0, 0.1) is 0 Å². The van der Waals surface area contributed by atoms with Gasteiger partial charge in [0.2, 0.25) is 0 Å². The normalized spacial score (nSPS) is 19.2. The smallest absolute Gasteiger partial charge is 0.187 e. The molecule has 1 aliphatic heterocycles. The minimum Gasteiger partial charge on any atom is -0.376 e. The Kier molecular flexibility index (Phi) is 5.23. The highest BCUT2D eigenvalue weighted by atomic mass is 32.1. The zero-order valence-electron chi connectivity index (χ0n) is 10.9. The molecule has 6 heteroatoms. The number of ether oxygens (including phenoxy) is 1. The minimum atomic E-state index is 0.267. The van der Waals surface area contributed by atoms with Crippen LogP contribution in [0.5, 0.6) is 0 Å². The van der Waals surface area contributed by atoms with Gasteiger partial charge in [0.15, 0.2) is 5.11 Å². The molecule has 0 bridgehead atoms. The lowest BCUT2D eigenvalue weighted by Gasteiger charge is -2.12. The van der Waals surface area contributed by atoms with Gasteiger partial charge in [0.1, 0.15) is 0 Å². The van der Waals surface area contributed by atoms with Crippen molar-refractivity contribution in [2.45, 2.75) is 25.9 Å². The molecule has 0 amide bonds. The third-order valence-corrected chi connectivity index (χ3v) is 3.15. The Morgan fingerprint density at radius 1 is 1.63 bits per heavy atom. The van der Waals surface area contributed by atoms with Crippen LogP contribution in [-0.4, -0.2) is 35.1 Å². The first-order valence-electron chi connectivity index (χ1n) is 6.36. The Balaban J connectivity index is 1.76. The first kappa shape index (κ1) is 13.9. The Bertz CT molecular complexity index is 443. The van der Waals surface area contributed by atoms with Crippen molar-refractivity contribution in [3.8, 4) is 0 Å². The van der Waals surface area contributed by atoms with E-state index in [4.69, 9.17) is 17.0 Å².